The van der Waals surface area contributed by atoms with Crippen molar-refractivity contribution >= 4 is 29.1 Å². The van der Waals surface area contributed by atoms with Gasteiger partial charge in [0.25, 0.3) is 0 Å². The van der Waals surface area contributed by atoms with E-state index in [1.54, 1.807) is 7.11 Å². The van der Waals surface area contributed by atoms with Crippen molar-refractivity contribution in [1.82, 2.24) is 0 Å². The van der Waals surface area contributed by atoms with Crippen LogP contribution in [0.5, 0.6) is 5.75 Å². The lowest BCUT2D eigenvalue weighted by atomic mass is 10.2. The summed E-state index contributed by atoms with van der Waals surface area (Å²) < 4.78 is 5.28. The lowest BCUT2D eigenvalue weighted by Crippen LogP contribution is -2.18. The maximum Gasteiger partial charge on any atom is 0.142 e. The van der Waals surface area contributed by atoms with E-state index in [0.29, 0.717) is 6.04 Å². The van der Waals surface area contributed by atoms with Crippen molar-refractivity contribution in [2.45, 2.75) is 12.5 Å². The van der Waals surface area contributed by atoms with Crippen LogP contribution < -0.4 is 10.1 Å². The largest absolute Gasteiger partial charge is 0.495 e. The van der Waals surface area contributed by atoms with E-state index in [2.05, 4.69) is 5.32 Å². The third kappa shape index (κ3) is 2.73. The molecule has 15 heavy (non-hydrogen) atoms. The Labute approximate surface area is 99.3 Å². The Kier molecular flexibility index (Phi) is 3.65. The van der Waals surface area contributed by atoms with Crippen LogP contribution in [0, 0.1) is 0 Å². The minimum Gasteiger partial charge on any atom is -0.495 e. The monoisotopic (exact) mass is 243 g/mol. The smallest absolute Gasteiger partial charge is 0.142 e. The number of ether oxygens (including phenoxy) is 1. The van der Waals surface area contributed by atoms with Crippen LogP contribution in [-0.4, -0.2) is 24.7 Å². The summed E-state index contributed by atoms with van der Waals surface area (Å²) in [7, 11) is 1.68. The zero-order valence-electron chi connectivity index (χ0n) is 8.63. The van der Waals surface area contributed by atoms with E-state index in [1.165, 1.54) is 12.2 Å². The van der Waals surface area contributed by atoms with Gasteiger partial charge in [-0.05, 0) is 30.4 Å². The Morgan fingerprint density at radius 1 is 1.53 bits per heavy atom. The van der Waals surface area contributed by atoms with Gasteiger partial charge >= 0.3 is 0 Å². The van der Waals surface area contributed by atoms with Gasteiger partial charge in [-0.2, -0.15) is 11.8 Å². The normalized spacial score (nSPS) is 20.3. The van der Waals surface area contributed by atoms with E-state index in [0.717, 1.165) is 22.2 Å². The molecule has 0 spiro atoms. The molecule has 0 bridgehead atoms. The molecule has 1 heterocycles. The molecule has 2 rings (SSSR count). The maximum absolute atomic E-state index is 5.96. The van der Waals surface area contributed by atoms with E-state index < -0.39 is 0 Å². The van der Waals surface area contributed by atoms with Crippen LogP contribution in [0.4, 0.5) is 5.69 Å². The molecular weight excluding hydrogens is 230 g/mol. The van der Waals surface area contributed by atoms with Crippen LogP contribution >= 0.6 is 23.4 Å². The Balaban J connectivity index is 2.14. The highest BCUT2D eigenvalue weighted by Gasteiger charge is 2.16. The molecule has 2 nitrogen and oxygen atoms in total. The van der Waals surface area contributed by atoms with Crippen LogP contribution in [0.25, 0.3) is 0 Å². The molecule has 0 aliphatic carbocycles. The van der Waals surface area contributed by atoms with Crippen molar-refractivity contribution in [1.29, 1.82) is 0 Å². The second-order valence-corrected chi connectivity index (χ2v) is 5.14. The number of hydrogen-bond donors (Lipinski definition) is 1. The van der Waals surface area contributed by atoms with Crippen molar-refractivity contribution in [2.75, 3.05) is 23.9 Å². The number of thioether (sulfide) groups is 1. The second-order valence-electron chi connectivity index (χ2n) is 3.55. The van der Waals surface area contributed by atoms with Gasteiger partial charge in [0.1, 0.15) is 5.75 Å². The van der Waals surface area contributed by atoms with E-state index in [1.807, 2.05) is 30.0 Å². The van der Waals surface area contributed by atoms with Gasteiger partial charge in [0.15, 0.2) is 0 Å². The highest BCUT2D eigenvalue weighted by molar-refractivity contribution is 7.99. The lowest BCUT2D eigenvalue weighted by molar-refractivity contribution is 0.416. The number of anilines is 1. The fraction of sp³-hybridized carbons (Fsp3) is 0.455. The summed E-state index contributed by atoms with van der Waals surface area (Å²) in [6, 6.07) is 6.20. The molecule has 0 radical (unpaired) electrons. The first-order chi connectivity index (χ1) is 7.29. The first kappa shape index (κ1) is 11.0. The number of hydrogen-bond acceptors (Lipinski definition) is 3. The van der Waals surface area contributed by atoms with Gasteiger partial charge in [-0.15, -0.1) is 0 Å². The van der Waals surface area contributed by atoms with Crippen molar-refractivity contribution in [3.8, 4) is 5.75 Å². The van der Waals surface area contributed by atoms with Gasteiger partial charge in [-0.3, -0.25) is 0 Å². The topological polar surface area (TPSA) is 21.3 Å². The second kappa shape index (κ2) is 4.99. The fourth-order valence-electron chi connectivity index (χ4n) is 1.66. The Bertz CT molecular complexity index is 339. The van der Waals surface area contributed by atoms with Crippen LogP contribution in [0.2, 0.25) is 5.02 Å². The molecule has 1 fully saturated rings. The summed E-state index contributed by atoms with van der Waals surface area (Å²) in [6.07, 6.45) is 1.21. The molecule has 0 aromatic heterocycles. The summed E-state index contributed by atoms with van der Waals surface area (Å²) in [6.45, 7) is 0. The van der Waals surface area contributed by atoms with Gasteiger partial charge < -0.3 is 10.1 Å². The minimum absolute atomic E-state index is 0.544. The molecule has 1 N–H and O–H groups in total. The van der Waals surface area contributed by atoms with Crippen molar-refractivity contribution < 1.29 is 4.74 Å². The first-order valence-electron chi connectivity index (χ1n) is 4.97. The standard InChI is InChI=1S/C11H14ClNOS/c1-14-11-3-2-8(12)6-10(11)13-9-4-5-15-7-9/h2-3,6,9,13H,4-5,7H2,1H3/t9-/m0/s1. The molecule has 1 aliphatic rings. The van der Waals surface area contributed by atoms with Crippen molar-refractivity contribution in [3.05, 3.63) is 23.2 Å². The Morgan fingerprint density at radius 2 is 2.40 bits per heavy atom. The Hall–Kier alpha value is -0.540. The summed E-state index contributed by atoms with van der Waals surface area (Å²) in [5.74, 6) is 3.26. The number of methoxy groups -OCH3 is 1. The van der Waals surface area contributed by atoms with Crippen molar-refractivity contribution in [2.24, 2.45) is 0 Å². The molecule has 0 amide bonds. The third-order valence-corrected chi connectivity index (χ3v) is 3.85. The molecule has 1 saturated heterocycles. The van der Waals surface area contributed by atoms with Crippen LogP contribution in [0.15, 0.2) is 18.2 Å². The average Bonchev–Trinajstić information content (AvgIpc) is 2.71. The quantitative estimate of drug-likeness (QED) is 0.881. The number of halogens is 1. The van der Waals surface area contributed by atoms with Gasteiger partial charge in [0, 0.05) is 16.8 Å². The van der Waals surface area contributed by atoms with E-state index in [9.17, 15) is 0 Å². The first-order valence-corrected chi connectivity index (χ1v) is 6.50. The van der Waals surface area contributed by atoms with Gasteiger partial charge in [0.2, 0.25) is 0 Å². The predicted octanol–water partition coefficient (Wildman–Crippen LogP) is 3.27. The highest BCUT2D eigenvalue weighted by Crippen LogP contribution is 2.30. The molecule has 1 aromatic rings. The highest BCUT2D eigenvalue weighted by atomic mass is 35.5. The maximum atomic E-state index is 5.96. The van der Waals surface area contributed by atoms with Gasteiger partial charge in [0.05, 0.1) is 12.8 Å². The molecule has 0 unspecified atom stereocenters. The number of rotatable bonds is 3. The van der Waals surface area contributed by atoms with E-state index >= 15 is 0 Å². The van der Waals surface area contributed by atoms with Gasteiger partial charge in [-0.25, -0.2) is 0 Å². The average molecular weight is 244 g/mol. The third-order valence-electron chi connectivity index (χ3n) is 2.45. The van der Waals surface area contributed by atoms with Crippen LogP contribution in [0.1, 0.15) is 6.42 Å². The lowest BCUT2D eigenvalue weighted by Gasteiger charge is -2.16. The number of benzene rings is 1. The minimum atomic E-state index is 0.544. The molecular formula is C11H14ClNOS. The molecule has 1 aromatic carbocycles. The Morgan fingerprint density at radius 3 is 3.07 bits per heavy atom. The molecule has 0 saturated carbocycles. The van der Waals surface area contributed by atoms with E-state index in [4.69, 9.17) is 16.3 Å². The predicted molar refractivity (Wildman–Crippen MR) is 67.4 cm³/mol. The summed E-state index contributed by atoms with van der Waals surface area (Å²) in [5.41, 5.74) is 0.998. The zero-order chi connectivity index (χ0) is 10.7. The molecule has 82 valence electrons. The summed E-state index contributed by atoms with van der Waals surface area (Å²) in [5, 5.41) is 4.21. The SMILES string of the molecule is COc1ccc(Cl)cc1N[C@H]1CCSC1. The van der Waals surface area contributed by atoms with E-state index in [-0.39, 0.29) is 0 Å². The molecule has 1 aliphatic heterocycles. The summed E-state index contributed by atoms with van der Waals surface area (Å²) >= 11 is 7.94. The van der Waals surface area contributed by atoms with Crippen molar-refractivity contribution in [3.63, 3.8) is 0 Å². The van der Waals surface area contributed by atoms with Gasteiger partial charge in [-0.1, -0.05) is 11.6 Å². The summed E-state index contributed by atoms with van der Waals surface area (Å²) in [4.78, 5) is 0. The zero-order valence-corrected chi connectivity index (χ0v) is 10.2. The van der Waals surface area contributed by atoms with Crippen LogP contribution in [0.3, 0.4) is 0 Å². The fourth-order valence-corrected chi connectivity index (χ4v) is 2.99. The molecule has 1 atom stereocenters. The molecule has 4 heteroatoms. The van der Waals surface area contributed by atoms with Crippen LogP contribution in [-0.2, 0) is 0 Å². The number of nitrogens with one attached hydrogen (secondary N) is 1.